The van der Waals surface area contributed by atoms with Crippen LogP contribution in [0.1, 0.15) is 164 Å². The Hall–Kier alpha value is -10.9. The molecule has 24 heteroatoms. The summed E-state index contributed by atoms with van der Waals surface area (Å²) in [5.74, 6) is -0.821. The SMILES string of the molecule is CC1(C)c2cc(/C=C3\C(=O)c4cc(C#N)c(C#N)cc4C3=C(C#N)C#N)sc2-c2sc(-c3cc4c(s3)-c3sc(-c5c6c(c(-c7cc8c(s7)-c7sc(-c9cc%10c(s9)-c9sc(/C=C%11\C(=O)c%12cc(C#N)c(C#N)cc%12C%11=C(C#N)C#N)cc9C%10(C)C)cc7C8(C)C)c7nsnc57)N=S=N6)cc3C4(C)C)cc21. The molecule has 0 fully saturated rings. The van der Waals surface area contributed by atoms with Gasteiger partial charge in [0.25, 0.3) is 0 Å². The summed E-state index contributed by atoms with van der Waals surface area (Å²) in [6.45, 7) is 18.1. The number of hydrogen-bond donors (Lipinski definition) is 0. The monoisotopic (exact) mass is 1520 g/mol. The number of nitriles is 8. The largest absolute Gasteiger partial charge is 0.289 e. The van der Waals surface area contributed by atoms with Gasteiger partial charge in [0.2, 0.25) is 0 Å². The number of aromatic nitrogens is 2. The van der Waals surface area contributed by atoms with Crippen LogP contribution in [0.3, 0.4) is 0 Å². The number of Topliss-reactive ketones (excluding diaryl/α,β-unsaturated/α-hetero) is 2. The average Bonchev–Trinajstić information content (AvgIpc) is 1.55. The van der Waals surface area contributed by atoms with E-state index in [4.69, 9.17) is 17.5 Å². The molecule has 0 amide bonds. The van der Waals surface area contributed by atoms with E-state index in [0.29, 0.717) is 11.1 Å². The summed E-state index contributed by atoms with van der Waals surface area (Å²) in [6.07, 6.45) is 3.49. The van der Waals surface area contributed by atoms with Crippen LogP contribution in [0.25, 0.3) is 114 Å². The highest BCUT2D eigenvalue weighted by Gasteiger charge is 2.47. The van der Waals surface area contributed by atoms with Crippen LogP contribution < -0.4 is 0 Å². The highest BCUT2D eigenvalue weighted by atomic mass is 32.1. The second-order valence-corrected chi connectivity index (χ2v) is 37.7. The Balaban J connectivity index is 0.626. The first kappa shape index (κ1) is 64.0. The molecule has 14 nitrogen and oxygen atoms in total. The van der Waals surface area contributed by atoms with Crippen LogP contribution in [-0.4, -0.2) is 20.3 Å². The van der Waals surface area contributed by atoms with Crippen molar-refractivity contribution in [3.05, 3.63) is 194 Å². The first-order valence-corrected chi connectivity index (χ1v) is 40.2. The van der Waals surface area contributed by atoms with Crippen LogP contribution >= 0.6 is 102 Å². The second kappa shape index (κ2) is 21.8. The minimum atomic E-state index is -0.410. The molecule has 0 spiro atoms. The van der Waals surface area contributed by atoms with Crippen molar-refractivity contribution >= 4 is 171 Å². The van der Waals surface area contributed by atoms with E-state index in [1.54, 1.807) is 80.2 Å². The molecule has 12 aromatic rings. The predicted octanol–water partition coefficient (Wildman–Crippen LogP) is 22.5. The van der Waals surface area contributed by atoms with Gasteiger partial charge in [-0.2, -0.15) is 59.6 Å². The first-order valence-electron chi connectivity index (χ1n) is 32.2. The van der Waals surface area contributed by atoms with Gasteiger partial charge in [-0.15, -0.1) is 90.7 Å². The number of benzene rings is 3. The summed E-state index contributed by atoms with van der Waals surface area (Å²) < 4.78 is 20.3. The molecule has 0 saturated carbocycles. The normalized spacial score (nSPS) is 16.6. The summed E-state index contributed by atoms with van der Waals surface area (Å²) >= 11 is 16.3. The zero-order chi connectivity index (χ0) is 72.0. The van der Waals surface area contributed by atoms with Gasteiger partial charge < -0.3 is 0 Å². The Morgan fingerprint density at radius 3 is 0.923 bits per heavy atom. The number of thiophene rings is 8. The minimum Gasteiger partial charge on any atom is -0.289 e. The topological polar surface area (TPSA) is 275 Å². The van der Waals surface area contributed by atoms with E-state index >= 15 is 0 Å². The standard InChI is InChI=1S/C80H38N12O2S10/c1-77(2)45-15-37(13-43-59(35(27-85)28-86)39-9-31(23-81)33(25-83)11-41(39)67(43)93)95-69(45)71-47(77)17-53(97-71)55-19-49-73(99-55)75-51(79(49,5)6)21-57(101-75)61-63-65(91-103-89-63)62(66-64(61)90-104-92-66)58-22-52-76(102-58)74-50(80(52,7)8)20-56(100-74)54-18-48-72(98-54)70-46(78(48,3)4)16-38(96-70)14-44-60(36(29-87)30-88)40-10-32(24-82)34(26-84)12-42(40)68(44)94/h9-22H,1-8H3/b43-13-,44-14-. The lowest BCUT2D eigenvalue weighted by Gasteiger charge is -2.19. The first-order chi connectivity index (χ1) is 50.0. The Labute approximate surface area is 633 Å². The maximum absolute atomic E-state index is 14.2. The molecule has 9 aromatic heterocycles. The van der Waals surface area contributed by atoms with Crippen molar-refractivity contribution in [3.8, 4) is 128 Å². The highest BCUT2D eigenvalue weighted by molar-refractivity contribution is 7.58. The van der Waals surface area contributed by atoms with Gasteiger partial charge in [0, 0.05) is 144 Å². The number of carbonyl (C=O) groups is 2. The van der Waals surface area contributed by atoms with Gasteiger partial charge in [-0.1, -0.05) is 55.4 Å². The van der Waals surface area contributed by atoms with Crippen molar-refractivity contribution in [2.75, 3.05) is 0 Å². The number of allylic oxidation sites excluding steroid dienone is 6. The number of hydrogen-bond acceptors (Lipinski definition) is 23. The number of rotatable bonds is 6. The van der Waals surface area contributed by atoms with Gasteiger partial charge in [0.05, 0.1) is 45.3 Å². The molecule has 490 valence electrons. The quantitative estimate of drug-likeness (QED) is 0.111. The zero-order valence-corrected chi connectivity index (χ0v) is 63.5. The highest BCUT2D eigenvalue weighted by Crippen LogP contribution is 2.66. The number of nitrogens with zero attached hydrogens (tertiary/aromatic N) is 12. The Bertz CT molecular complexity index is 6440. The molecule has 3 aromatic carbocycles. The Morgan fingerprint density at radius 2 is 0.625 bits per heavy atom. The molecule has 7 aliphatic rings. The smallest absolute Gasteiger partial charge is 0.194 e. The molecule has 0 atom stereocenters. The molecule has 0 unspecified atom stereocenters. The molecule has 19 rings (SSSR count). The molecule has 10 heterocycles. The molecule has 0 N–H and O–H groups in total. The molecule has 6 aliphatic carbocycles. The van der Waals surface area contributed by atoms with E-state index < -0.39 is 11.6 Å². The van der Waals surface area contributed by atoms with Crippen molar-refractivity contribution in [3.63, 3.8) is 0 Å². The molecular weight excluding hydrogens is 1480 g/mol. The van der Waals surface area contributed by atoms with Crippen LogP contribution in [0.5, 0.6) is 0 Å². The maximum atomic E-state index is 14.2. The maximum Gasteiger partial charge on any atom is 0.194 e. The lowest BCUT2D eigenvalue weighted by Crippen LogP contribution is -2.14. The third kappa shape index (κ3) is 8.38. The lowest BCUT2D eigenvalue weighted by molar-refractivity contribution is 0.103. The van der Waals surface area contributed by atoms with Crippen molar-refractivity contribution in [2.45, 2.75) is 77.0 Å². The van der Waals surface area contributed by atoms with E-state index in [2.05, 4.69) is 104 Å². The Morgan fingerprint density at radius 1 is 0.356 bits per heavy atom. The third-order valence-electron chi connectivity index (χ3n) is 21.4. The van der Waals surface area contributed by atoms with Crippen molar-refractivity contribution < 1.29 is 9.59 Å². The number of fused-ring (bicyclic) bond motifs is 16. The van der Waals surface area contributed by atoms with E-state index in [9.17, 15) is 51.7 Å². The third-order valence-corrected chi connectivity index (χ3v) is 32.5. The van der Waals surface area contributed by atoms with Gasteiger partial charge in [0.15, 0.2) is 11.6 Å². The van der Waals surface area contributed by atoms with Crippen LogP contribution in [-0.2, 0) is 33.0 Å². The summed E-state index contributed by atoms with van der Waals surface area (Å²) in [7, 11) is 0. The number of ketones is 2. The van der Waals surface area contributed by atoms with Crippen molar-refractivity contribution in [1.82, 2.24) is 8.75 Å². The summed E-state index contributed by atoms with van der Waals surface area (Å²) in [5, 5.41) is 79.6. The molecule has 1 aliphatic heterocycles. The molecule has 0 radical (unpaired) electrons. The predicted molar refractivity (Wildman–Crippen MR) is 417 cm³/mol. The van der Waals surface area contributed by atoms with Gasteiger partial charge in [-0.25, -0.2) is 0 Å². The molecule has 0 saturated heterocycles. The summed E-state index contributed by atoms with van der Waals surface area (Å²) in [6, 6.07) is 39.8. The summed E-state index contributed by atoms with van der Waals surface area (Å²) in [4.78, 5) is 46.3. The van der Waals surface area contributed by atoms with Gasteiger partial charge in [0.1, 0.15) is 82.1 Å². The van der Waals surface area contributed by atoms with Crippen LogP contribution in [0.15, 0.2) is 104 Å². The van der Waals surface area contributed by atoms with Gasteiger partial charge >= 0.3 is 0 Å². The van der Waals surface area contributed by atoms with Gasteiger partial charge in [-0.05, 0) is 141 Å². The summed E-state index contributed by atoms with van der Waals surface area (Å²) in [5.41, 5.74) is 15.0. The average molecular weight is 1520 g/mol. The van der Waals surface area contributed by atoms with E-state index in [0.717, 1.165) is 73.9 Å². The van der Waals surface area contributed by atoms with Crippen molar-refractivity contribution in [1.29, 1.82) is 42.1 Å². The zero-order valence-electron chi connectivity index (χ0n) is 55.3. The minimum absolute atomic E-state index is 0.0513. The fourth-order valence-corrected chi connectivity index (χ4v) is 28.4. The molecule has 104 heavy (non-hydrogen) atoms. The van der Waals surface area contributed by atoms with Gasteiger partial charge in [-0.3, -0.25) is 9.59 Å². The molecular formula is C80H38N12O2S10. The lowest BCUT2D eigenvalue weighted by atomic mass is 9.83. The van der Waals surface area contributed by atoms with E-state index in [1.165, 1.54) is 130 Å². The molecule has 0 bridgehead atoms. The van der Waals surface area contributed by atoms with E-state index in [1.807, 2.05) is 71.2 Å². The van der Waals surface area contributed by atoms with Crippen molar-refractivity contribution in [2.24, 2.45) is 8.73 Å². The van der Waals surface area contributed by atoms with Crippen LogP contribution in [0.4, 0.5) is 11.4 Å². The Kier molecular flexibility index (Phi) is 13.4. The van der Waals surface area contributed by atoms with Crippen LogP contribution in [0, 0.1) is 90.6 Å². The fraction of sp³-hybridized carbons (Fsp3) is 0.150. The second-order valence-electron chi connectivity index (χ2n) is 28.1. The fourth-order valence-electron chi connectivity index (χ4n) is 15.9. The number of carbonyl (C=O) groups excluding carboxylic acids is 2. The van der Waals surface area contributed by atoms with E-state index in [-0.39, 0.29) is 88.5 Å². The van der Waals surface area contributed by atoms with Crippen LogP contribution in [0.2, 0.25) is 0 Å².